The number of aryl methyl sites for hydroxylation is 1. The number of aliphatic imine (C=N–C) groups is 1. The highest BCUT2D eigenvalue weighted by Crippen LogP contribution is 2.09. The number of amides is 1. The molecule has 26 heavy (non-hydrogen) atoms. The highest BCUT2D eigenvalue weighted by molar-refractivity contribution is 14.0. The Morgan fingerprint density at radius 2 is 1.92 bits per heavy atom. The number of carbonyl (C=O) groups excluding carboxylic acids is 1. The number of guanidine groups is 1. The van der Waals surface area contributed by atoms with Crippen molar-refractivity contribution in [1.82, 2.24) is 15.5 Å². The third-order valence-corrected chi connectivity index (χ3v) is 4.75. The lowest BCUT2D eigenvalue weighted by atomic mass is 10.1. The third kappa shape index (κ3) is 7.74. The number of benzene rings is 1. The van der Waals surface area contributed by atoms with E-state index >= 15 is 0 Å². The van der Waals surface area contributed by atoms with Gasteiger partial charge in [-0.15, -0.1) is 35.3 Å². The third-order valence-electron chi connectivity index (χ3n) is 3.82. The summed E-state index contributed by atoms with van der Waals surface area (Å²) in [6.45, 7) is 3.66. The molecule has 0 atom stereocenters. The molecule has 2 rings (SSSR count). The zero-order valence-electron chi connectivity index (χ0n) is 15.5. The van der Waals surface area contributed by atoms with Crippen molar-refractivity contribution in [3.05, 3.63) is 57.8 Å². The van der Waals surface area contributed by atoms with E-state index in [0.717, 1.165) is 13.0 Å². The molecule has 5 nitrogen and oxygen atoms in total. The van der Waals surface area contributed by atoms with Crippen molar-refractivity contribution in [3.63, 3.8) is 0 Å². The quantitative estimate of drug-likeness (QED) is 0.360. The first-order valence-corrected chi connectivity index (χ1v) is 9.23. The van der Waals surface area contributed by atoms with Crippen LogP contribution in [0.1, 0.15) is 16.0 Å². The molecule has 0 bridgehead atoms. The molecule has 2 N–H and O–H groups in total. The van der Waals surface area contributed by atoms with Crippen LogP contribution in [0.3, 0.4) is 0 Å². The van der Waals surface area contributed by atoms with Gasteiger partial charge >= 0.3 is 0 Å². The van der Waals surface area contributed by atoms with Gasteiger partial charge in [0.25, 0.3) is 0 Å². The van der Waals surface area contributed by atoms with Crippen LogP contribution in [0.2, 0.25) is 0 Å². The average Bonchev–Trinajstić information content (AvgIpc) is 3.11. The number of hydrogen-bond acceptors (Lipinski definition) is 3. The molecule has 0 radical (unpaired) electrons. The summed E-state index contributed by atoms with van der Waals surface area (Å²) >= 11 is 1.75. The fourth-order valence-electron chi connectivity index (χ4n) is 2.20. The van der Waals surface area contributed by atoms with Crippen molar-refractivity contribution in [2.75, 3.05) is 27.2 Å². The lowest BCUT2D eigenvalue weighted by Gasteiger charge is -2.15. The molecule has 0 aliphatic rings. The molecule has 0 saturated carbocycles. The van der Waals surface area contributed by atoms with Crippen molar-refractivity contribution in [2.45, 2.75) is 19.9 Å². The minimum absolute atomic E-state index is 0. The molecule has 1 aromatic carbocycles. The first-order chi connectivity index (χ1) is 12.1. The number of hydrogen-bond donors (Lipinski definition) is 2. The number of carbonyl (C=O) groups is 1. The molecule has 2 aromatic rings. The van der Waals surface area contributed by atoms with Crippen LogP contribution in [0.5, 0.6) is 0 Å². The SMILES string of the molecule is Cc1ccccc1CN=C(NCCc1cccs1)NCC(=O)N(C)C.I. The maximum atomic E-state index is 11.8. The Bertz CT molecular complexity index is 701. The van der Waals surface area contributed by atoms with Crippen LogP contribution in [0.25, 0.3) is 0 Å². The second kappa shape index (κ2) is 11.9. The number of likely N-dealkylation sites (N-methyl/N-ethyl adjacent to an activating group) is 1. The van der Waals surface area contributed by atoms with Gasteiger partial charge in [0.2, 0.25) is 5.91 Å². The lowest BCUT2D eigenvalue weighted by molar-refractivity contribution is -0.127. The van der Waals surface area contributed by atoms with E-state index in [0.29, 0.717) is 12.5 Å². The molecule has 1 amide bonds. The summed E-state index contributed by atoms with van der Waals surface area (Å²) in [5.41, 5.74) is 2.40. The summed E-state index contributed by atoms with van der Waals surface area (Å²) in [6, 6.07) is 12.4. The van der Waals surface area contributed by atoms with E-state index in [4.69, 9.17) is 0 Å². The molecule has 0 fully saturated rings. The van der Waals surface area contributed by atoms with Gasteiger partial charge in [0, 0.05) is 25.5 Å². The van der Waals surface area contributed by atoms with Crippen LogP contribution in [0, 0.1) is 6.92 Å². The van der Waals surface area contributed by atoms with Gasteiger partial charge in [-0.2, -0.15) is 0 Å². The maximum absolute atomic E-state index is 11.8. The molecular weight excluding hydrogens is 459 g/mol. The minimum Gasteiger partial charge on any atom is -0.356 e. The predicted octanol–water partition coefficient (Wildman–Crippen LogP) is 3.04. The molecule has 7 heteroatoms. The highest BCUT2D eigenvalue weighted by Gasteiger charge is 2.06. The number of nitrogens with zero attached hydrogens (tertiary/aromatic N) is 2. The zero-order chi connectivity index (χ0) is 18.1. The highest BCUT2D eigenvalue weighted by atomic mass is 127. The molecule has 0 aliphatic heterocycles. The van der Waals surface area contributed by atoms with Crippen molar-refractivity contribution in [3.8, 4) is 0 Å². The fourth-order valence-corrected chi connectivity index (χ4v) is 2.91. The van der Waals surface area contributed by atoms with Crippen molar-refractivity contribution < 1.29 is 4.79 Å². The lowest BCUT2D eigenvalue weighted by Crippen LogP contribution is -2.43. The smallest absolute Gasteiger partial charge is 0.241 e. The number of rotatable bonds is 7. The second-order valence-electron chi connectivity index (χ2n) is 5.99. The summed E-state index contributed by atoms with van der Waals surface area (Å²) in [7, 11) is 3.50. The van der Waals surface area contributed by atoms with Crippen LogP contribution in [0.4, 0.5) is 0 Å². The monoisotopic (exact) mass is 486 g/mol. The molecule has 1 aromatic heterocycles. The summed E-state index contributed by atoms with van der Waals surface area (Å²) in [5, 5.41) is 8.52. The van der Waals surface area contributed by atoms with E-state index in [-0.39, 0.29) is 36.4 Å². The summed E-state index contributed by atoms with van der Waals surface area (Å²) in [6.07, 6.45) is 0.935. The predicted molar refractivity (Wildman–Crippen MR) is 120 cm³/mol. The Hall–Kier alpha value is -1.61. The maximum Gasteiger partial charge on any atom is 0.241 e. The van der Waals surface area contributed by atoms with E-state index in [2.05, 4.69) is 52.2 Å². The summed E-state index contributed by atoms with van der Waals surface area (Å²) in [5.74, 6) is 0.679. The van der Waals surface area contributed by atoms with Gasteiger partial charge < -0.3 is 15.5 Å². The van der Waals surface area contributed by atoms with Gasteiger partial charge in [-0.05, 0) is 35.9 Å². The Morgan fingerprint density at radius 1 is 1.15 bits per heavy atom. The van der Waals surface area contributed by atoms with Gasteiger partial charge in [0.1, 0.15) is 0 Å². The zero-order valence-corrected chi connectivity index (χ0v) is 18.6. The van der Waals surface area contributed by atoms with Crippen LogP contribution >= 0.6 is 35.3 Å². The minimum atomic E-state index is 0. The van der Waals surface area contributed by atoms with E-state index in [9.17, 15) is 4.79 Å². The summed E-state index contributed by atoms with van der Waals surface area (Å²) < 4.78 is 0. The van der Waals surface area contributed by atoms with Gasteiger partial charge in [-0.3, -0.25) is 4.79 Å². The Balaban J connectivity index is 0.00000338. The van der Waals surface area contributed by atoms with Crippen LogP contribution < -0.4 is 10.6 Å². The van der Waals surface area contributed by atoms with Gasteiger partial charge in [-0.1, -0.05) is 30.3 Å². The molecule has 0 aliphatic carbocycles. The molecular formula is C19H27IN4OS. The van der Waals surface area contributed by atoms with Crippen molar-refractivity contribution in [1.29, 1.82) is 0 Å². The number of nitrogens with one attached hydrogen (secondary N) is 2. The van der Waals surface area contributed by atoms with Gasteiger partial charge in [0.05, 0.1) is 13.1 Å². The molecule has 0 saturated heterocycles. The van der Waals surface area contributed by atoms with Gasteiger partial charge in [0.15, 0.2) is 5.96 Å². The fraction of sp³-hybridized carbons (Fsp3) is 0.368. The Kier molecular flexibility index (Phi) is 10.3. The molecule has 0 unspecified atom stereocenters. The van der Waals surface area contributed by atoms with Crippen LogP contribution in [-0.2, 0) is 17.8 Å². The first-order valence-electron chi connectivity index (χ1n) is 8.35. The van der Waals surface area contributed by atoms with E-state index in [1.54, 1.807) is 30.3 Å². The van der Waals surface area contributed by atoms with E-state index in [1.807, 2.05) is 12.1 Å². The average molecular weight is 486 g/mol. The Labute approximate surface area is 176 Å². The summed E-state index contributed by atoms with van der Waals surface area (Å²) in [4.78, 5) is 19.3. The molecule has 142 valence electrons. The normalized spacial score (nSPS) is 10.8. The largest absolute Gasteiger partial charge is 0.356 e. The van der Waals surface area contributed by atoms with Crippen molar-refractivity contribution in [2.24, 2.45) is 4.99 Å². The number of thiophene rings is 1. The standard InChI is InChI=1S/C19H26N4OS.HI/c1-15-7-4-5-8-16(15)13-21-19(22-14-18(24)23(2)3)20-11-10-17-9-6-12-25-17;/h4-9,12H,10-11,13-14H2,1-3H3,(H2,20,21,22);1H. The van der Waals surface area contributed by atoms with E-state index in [1.165, 1.54) is 16.0 Å². The number of halogens is 1. The Morgan fingerprint density at radius 3 is 2.58 bits per heavy atom. The van der Waals surface area contributed by atoms with E-state index < -0.39 is 0 Å². The first kappa shape index (κ1) is 22.4. The topological polar surface area (TPSA) is 56.7 Å². The van der Waals surface area contributed by atoms with Crippen LogP contribution in [0.15, 0.2) is 46.8 Å². The van der Waals surface area contributed by atoms with Gasteiger partial charge in [-0.25, -0.2) is 4.99 Å². The molecule has 0 spiro atoms. The molecule has 1 heterocycles. The second-order valence-corrected chi connectivity index (χ2v) is 7.02. The van der Waals surface area contributed by atoms with Crippen molar-refractivity contribution >= 4 is 47.2 Å². The van der Waals surface area contributed by atoms with Crippen LogP contribution in [-0.4, -0.2) is 44.0 Å².